The molecular formula is C8H7NO2. The Hall–Kier alpha value is -1.14. The van der Waals surface area contributed by atoms with Gasteiger partial charge in [0, 0.05) is 0 Å². The van der Waals surface area contributed by atoms with Crippen LogP contribution in [0.4, 0.5) is 0 Å². The Kier molecular flexibility index (Phi) is 1.30. The van der Waals surface area contributed by atoms with Crippen molar-refractivity contribution < 1.29 is 9.53 Å². The van der Waals surface area contributed by atoms with Gasteiger partial charge in [-0.1, -0.05) is 6.08 Å². The molecule has 0 aromatic heterocycles. The molecule has 0 N–H and O–H groups in total. The summed E-state index contributed by atoms with van der Waals surface area (Å²) in [5.74, 6) is -0.123. The van der Waals surface area contributed by atoms with Crippen LogP contribution in [0.5, 0.6) is 0 Å². The van der Waals surface area contributed by atoms with Gasteiger partial charge in [-0.25, -0.2) is 0 Å². The zero-order valence-electron chi connectivity index (χ0n) is 5.86. The Bertz CT molecular complexity index is 264. The van der Waals surface area contributed by atoms with Gasteiger partial charge in [-0.2, -0.15) is 5.26 Å². The van der Waals surface area contributed by atoms with Gasteiger partial charge in [0.15, 0.2) is 5.78 Å². The fraction of sp³-hybridized carbons (Fsp3) is 0.500. The highest BCUT2D eigenvalue weighted by Gasteiger charge is 2.39. The summed E-state index contributed by atoms with van der Waals surface area (Å²) < 4.78 is 5.25. The lowest BCUT2D eigenvalue weighted by molar-refractivity contribution is -0.125. The molecule has 2 aliphatic heterocycles. The molecule has 2 heterocycles. The van der Waals surface area contributed by atoms with Crippen molar-refractivity contribution in [3.63, 3.8) is 0 Å². The van der Waals surface area contributed by atoms with Gasteiger partial charge in [-0.3, -0.25) is 4.79 Å². The van der Waals surface area contributed by atoms with E-state index in [1.54, 1.807) is 6.08 Å². The predicted molar refractivity (Wildman–Crippen MR) is 36.5 cm³/mol. The van der Waals surface area contributed by atoms with E-state index in [-0.39, 0.29) is 23.9 Å². The van der Waals surface area contributed by atoms with Crippen LogP contribution in [0.1, 0.15) is 6.42 Å². The van der Waals surface area contributed by atoms with Crippen molar-refractivity contribution in [2.75, 3.05) is 0 Å². The smallest absolute Gasteiger partial charge is 0.184 e. The van der Waals surface area contributed by atoms with Crippen LogP contribution < -0.4 is 0 Å². The molecule has 3 heteroatoms. The zero-order chi connectivity index (χ0) is 7.84. The topological polar surface area (TPSA) is 50.1 Å². The molecule has 2 bridgehead atoms. The average molecular weight is 149 g/mol. The highest BCUT2D eigenvalue weighted by atomic mass is 16.5. The molecule has 0 aliphatic carbocycles. The molecule has 3 unspecified atom stereocenters. The summed E-state index contributed by atoms with van der Waals surface area (Å²) in [6.45, 7) is 0. The number of hydrogen-bond acceptors (Lipinski definition) is 3. The Labute approximate surface area is 64.3 Å². The quantitative estimate of drug-likeness (QED) is 0.501. The number of hydrogen-bond donors (Lipinski definition) is 0. The minimum absolute atomic E-state index is 0.000926. The van der Waals surface area contributed by atoms with Gasteiger partial charge in [0.05, 0.1) is 18.1 Å². The molecule has 0 saturated carbocycles. The molecule has 11 heavy (non-hydrogen) atoms. The number of carbonyl (C=O) groups excluding carboxylic acids is 1. The third-order valence-electron chi connectivity index (χ3n) is 2.12. The predicted octanol–water partition coefficient (Wildman–Crippen LogP) is 0.423. The third kappa shape index (κ3) is 0.873. The summed E-state index contributed by atoms with van der Waals surface area (Å²) in [6.07, 6.45) is 3.29. The van der Waals surface area contributed by atoms with Crippen LogP contribution in [0.15, 0.2) is 12.2 Å². The first-order valence-electron chi connectivity index (χ1n) is 3.58. The second-order valence-corrected chi connectivity index (χ2v) is 2.82. The largest absolute Gasteiger partial charge is 0.361 e. The SMILES string of the molecule is N#CC1CC2OC1C=CC2=O. The molecular weight excluding hydrogens is 142 g/mol. The van der Waals surface area contributed by atoms with Gasteiger partial charge in [0.1, 0.15) is 6.10 Å². The van der Waals surface area contributed by atoms with Gasteiger partial charge in [0.25, 0.3) is 0 Å². The lowest BCUT2D eigenvalue weighted by Gasteiger charge is -2.12. The Morgan fingerprint density at radius 2 is 2.55 bits per heavy atom. The van der Waals surface area contributed by atoms with E-state index in [2.05, 4.69) is 6.07 Å². The maximum absolute atomic E-state index is 11.0. The van der Waals surface area contributed by atoms with Gasteiger partial charge >= 0.3 is 0 Å². The monoisotopic (exact) mass is 149 g/mol. The van der Waals surface area contributed by atoms with Crippen molar-refractivity contribution >= 4 is 5.78 Å². The van der Waals surface area contributed by atoms with Crippen molar-refractivity contribution in [2.45, 2.75) is 18.6 Å². The number of ether oxygens (including phenoxy) is 1. The molecule has 0 aromatic rings. The van der Waals surface area contributed by atoms with E-state index in [9.17, 15) is 4.79 Å². The van der Waals surface area contributed by atoms with Crippen molar-refractivity contribution in [2.24, 2.45) is 5.92 Å². The van der Waals surface area contributed by atoms with Crippen molar-refractivity contribution in [3.8, 4) is 6.07 Å². The van der Waals surface area contributed by atoms with E-state index in [0.29, 0.717) is 6.42 Å². The summed E-state index contributed by atoms with van der Waals surface area (Å²) in [6, 6.07) is 2.13. The highest BCUT2D eigenvalue weighted by Crippen LogP contribution is 2.30. The van der Waals surface area contributed by atoms with Crippen LogP contribution in [-0.4, -0.2) is 18.0 Å². The Balaban J connectivity index is 2.27. The first-order valence-corrected chi connectivity index (χ1v) is 3.58. The lowest BCUT2D eigenvalue weighted by atomic mass is 10.0. The van der Waals surface area contributed by atoms with Crippen molar-refractivity contribution in [1.82, 2.24) is 0 Å². The minimum Gasteiger partial charge on any atom is -0.361 e. The summed E-state index contributed by atoms with van der Waals surface area (Å²) in [5.41, 5.74) is 0. The van der Waals surface area contributed by atoms with Gasteiger partial charge < -0.3 is 4.74 Å². The van der Waals surface area contributed by atoms with Gasteiger partial charge in [0.2, 0.25) is 0 Å². The second-order valence-electron chi connectivity index (χ2n) is 2.82. The number of fused-ring (bicyclic) bond motifs is 2. The molecule has 2 rings (SSSR count). The normalized spacial score (nSPS) is 40.6. The first kappa shape index (κ1) is 6.56. The minimum atomic E-state index is -0.338. The maximum Gasteiger partial charge on any atom is 0.184 e. The van der Waals surface area contributed by atoms with Crippen LogP contribution in [0.25, 0.3) is 0 Å². The summed E-state index contributed by atoms with van der Waals surface area (Å²) in [4.78, 5) is 11.0. The number of ketones is 1. The highest BCUT2D eigenvalue weighted by molar-refractivity contribution is 5.94. The maximum atomic E-state index is 11.0. The van der Waals surface area contributed by atoms with E-state index in [1.807, 2.05) is 0 Å². The second kappa shape index (κ2) is 2.18. The molecule has 1 saturated heterocycles. The van der Waals surface area contributed by atoms with E-state index in [0.717, 1.165) is 0 Å². The van der Waals surface area contributed by atoms with E-state index >= 15 is 0 Å². The molecule has 2 aliphatic rings. The average Bonchev–Trinajstić information content (AvgIpc) is 2.37. The van der Waals surface area contributed by atoms with Crippen molar-refractivity contribution in [3.05, 3.63) is 12.2 Å². The van der Waals surface area contributed by atoms with Gasteiger partial charge in [-0.05, 0) is 12.5 Å². The molecule has 0 amide bonds. The van der Waals surface area contributed by atoms with Crippen LogP contribution in [0.2, 0.25) is 0 Å². The zero-order valence-corrected chi connectivity index (χ0v) is 5.86. The number of nitrogens with zero attached hydrogens (tertiary/aromatic N) is 1. The van der Waals surface area contributed by atoms with E-state index < -0.39 is 0 Å². The van der Waals surface area contributed by atoms with E-state index in [1.165, 1.54) is 6.08 Å². The van der Waals surface area contributed by atoms with E-state index in [4.69, 9.17) is 10.00 Å². The third-order valence-corrected chi connectivity index (χ3v) is 2.12. The van der Waals surface area contributed by atoms with Gasteiger partial charge in [-0.15, -0.1) is 0 Å². The number of nitriles is 1. The summed E-state index contributed by atoms with van der Waals surface area (Å²) in [5, 5.41) is 8.62. The molecule has 3 atom stereocenters. The molecule has 0 radical (unpaired) electrons. The summed E-state index contributed by atoms with van der Waals surface area (Å²) >= 11 is 0. The van der Waals surface area contributed by atoms with Crippen molar-refractivity contribution in [1.29, 1.82) is 5.26 Å². The van der Waals surface area contributed by atoms with Crippen LogP contribution in [0, 0.1) is 17.2 Å². The molecule has 3 nitrogen and oxygen atoms in total. The Morgan fingerprint density at radius 3 is 3.18 bits per heavy atom. The molecule has 0 spiro atoms. The number of rotatable bonds is 0. The van der Waals surface area contributed by atoms with Crippen LogP contribution >= 0.6 is 0 Å². The van der Waals surface area contributed by atoms with Crippen LogP contribution in [-0.2, 0) is 9.53 Å². The fourth-order valence-electron chi connectivity index (χ4n) is 1.49. The molecule has 56 valence electrons. The van der Waals surface area contributed by atoms with Crippen LogP contribution in [0.3, 0.4) is 0 Å². The molecule has 0 aromatic carbocycles. The molecule has 1 fully saturated rings. The Morgan fingerprint density at radius 1 is 1.73 bits per heavy atom. The standard InChI is InChI=1S/C8H7NO2/c9-4-5-3-8-6(10)1-2-7(5)11-8/h1-2,5,7-8H,3H2. The first-order chi connectivity index (χ1) is 5.31. The number of carbonyl (C=O) groups is 1. The summed E-state index contributed by atoms with van der Waals surface area (Å²) in [7, 11) is 0. The lowest BCUT2D eigenvalue weighted by Crippen LogP contribution is -2.22. The fourth-order valence-corrected chi connectivity index (χ4v) is 1.49.